The number of likely N-dealkylation sites (N-methyl/N-ethyl adjacent to an activating group) is 2. The fourth-order valence-corrected chi connectivity index (χ4v) is 8.37. The van der Waals surface area contributed by atoms with Crippen LogP contribution >= 0.6 is 0 Å². The van der Waals surface area contributed by atoms with Gasteiger partial charge in [0.1, 0.15) is 29.9 Å². The zero-order valence-electron chi connectivity index (χ0n) is 35.2. The topological polar surface area (TPSA) is 156 Å². The van der Waals surface area contributed by atoms with Crippen LogP contribution in [-0.2, 0) is 32.1 Å². The largest absolute Gasteiger partial charge is 0.352 e. The van der Waals surface area contributed by atoms with Gasteiger partial charge in [0.2, 0.25) is 23.6 Å². The summed E-state index contributed by atoms with van der Waals surface area (Å²) in [5.41, 5.74) is 2.00. The number of aromatic amines is 1. The van der Waals surface area contributed by atoms with Crippen LogP contribution in [0.4, 0.5) is 13.2 Å². The van der Waals surface area contributed by atoms with E-state index in [2.05, 4.69) is 26.3 Å². The number of carbonyl (C=O) groups is 4. The first-order valence-corrected chi connectivity index (χ1v) is 20.6. The van der Waals surface area contributed by atoms with Crippen molar-refractivity contribution in [3.8, 4) is 11.5 Å². The van der Waals surface area contributed by atoms with Crippen molar-refractivity contribution in [2.75, 3.05) is 27.2 Å². The first kappa shape index (κ1) is 43.6. The van der Waals surface area contributed by atoms with Crippen LogP contribution in [-0.4, -0.2) is 118 Å². The summed E-state index contributed by atoms with van der Waals surface area (Å²) in [6.07, 6.45) is 0.612. The highest BCUT2D eigenvalue weighted by atomic mass is 19.1. The van der Waals surface area contributed by atoms with Crippen molar-refractivity contribution in [3.05, 3.63) is 53.6 Å². The number of benzene rings is 2. The number of halogens is 3. The molecular weight excluding hydrogens is 764 g/mol. The van der Waals surface area contributed by atoms with Crippen LogP contribution in [0, 0.1) is 17.0 Å². The predicted octanol–water partition coefficient (Wildman–Crippen LogP) is 4.58. The van der Waals surface area contributed by atoms with Crippen LogP contribution < -0.4 is 21.3 Å². The van der Waals surface area contributed by atoms with E-state index in [1.165, 1.54) is 29.2 Å². The molecule has 2 aliphatic heterocycles. The number of H-pyrrole nitrogens is 1. The fourth-order valence-electron chi connectivity index (χ4n) is 8.37. The summed E-state index contributed by atoms with van der Waals surface area (Å²) in [6.45, 7) is 11.5. The van der Waals surface area contributed by atoms with Crippen LogP contribution in [0.15, 0.2) is 36.4 Å². The molecule has 2 fully saturated rings. The van der Waals surface area contributed by atoms with Gasteiger partial charge in [-0.05, 0) is 94.9 Å². The Kier molecular flexibility index (Phi) is 13.1. The number of imidazole rings is 1. The second-order valence-corrected chi connectivity index (χ2v) is 17.2. The van der Waals surface area contributed by atoms with Crippen molar-refractivity contribution in [2.45, 2.75) is 123 Å². The number of alkyl halides is 1. The number of hydrogen-bond donors (Lipinski definition) is 5. The van der Waals surface area contributed by atoms with Crippen molar-refractivity contribution in [1.82, 2.24) is 45.6 Å². The molecule has 4 amide bonds. The fraction of sp³-hybridized carbons (Fsp3) is 0.558. The van der Waals surface area contributed by atoms with Crippen molar-refractivity contribution >= 4 is 45.6 Å². The Morgan fingerprint density at radius 2 is 1.58 bits per heavy atom. The van der Waals surface area contributed by atoms with E-state index in [1.807, 2.05) is 30.2 Å². The zero-order chi connectivity index (χ0) is 42.9. The molecule has 0 radical (unpaired) electrons. The third kappa shape index (κ3) is 9.13. The number of likely N-dealkylation sites (tertiary alicyclic amines) is 2. The number of carbonyl (C=O) groups excluding carboxylic acids is 4. The molecule has 1 unspecified atom stereocenters. The zero-order valence-corrected chi connectivity index (χ0v) is 35.2. The van der Waals surface area contributed by atoms with E-state index in [0.717, 1.165) is 6.42 Å². The third-order valence-electron chi connectivity index (χ3n) is 12.0. The Morgan fingerprint density at radius 1 is 0.915 bits per heavy atom. The summed E-state index contributed by atoms with van der Waals surface area (Å²) in [6, 6.07) is 5.02. The lowest BCUT2D eigenvalue weighted by atomic mass is 9.85. The molecule has 0 saturated carbocycles. The third-order valence-corrected chi connectivity index (χ3v) is 12.0. The molecule has 2 aromatic carbocycles. The van der Waals surface area contributed by atoms with E-state index >= 15 is 4.39 Å². The van der Waals surface area contributed by atoms with Gasteiger partial charge in [-0.2, -0.15) is 0 Å². The summed E-state index contributed by atoms with van der Waals surface area (Å²) in [7, 11) is 3.33. The molecule has 2 aliphatic rings. The minimum Gasteiger partial charge on any atom is -0.352 e. The minimum absolute atomic E-state index is 0.0513. The van der Waals surface area contributed by atoms with Crippen LogP contribution in [0.5, 0.6) is 0 Å². The highest BCUT2D eigenvalue weighted by molar-refractivity contribution is 5.93. The molecule has 7 atom stereocenters. The summed E-state index contributed by atoms with van der Waals surface area (Å²) in [5, 5.41) is 12.2. The number of fused-ring (bicyclic) bond motifs is 2. The number of aromatic nitrogens is 3. The molecule has 320 valence electrons. The summed E-state index contributed by atoms with van der Waals surface area (Å²) < 4.78 is 46.9. The van der Waals surface area contributed by atoms with E-state index in [1.54, 1.807) is 47.0 Å². The quantitative estimate of drug-likeness (QED) is 0.125. The lowest BCUT2D eigenvalue weighted by Crippen LogP contribution is -2.58. The van der Waals surface area contributed by atoms with Gasteiger partial charge in [0.15, 0.2) is 5.82 Å². The molecule has 2 saturated heterocycles. The molecule has 4 heterocycles. The Morgan fingerprint density at radius 3 is 2.24 bits per heavy atom. The van der Waals surface area contributed by atoms with E-state index in [-0.39, 0.29) is 55.6 Å². The summed E-state index contributed by atoms with van der Waals surface area (Å²) in [4.78, 5) is 65.9. The predicted molar refractivity (Wildman–Crippen MR) is 221 cm³/mol. The Balaban J connectivity index is 1.40. The molecular formula is C43H58F3N9O4. The van der Waals surface area contributed by atoms with Gasteiger partial charge >= 0.3 is 0 Å². The second kappa shape index (κ2) is 17.7. The van der Waals surface area contributed by atoms with E-state index < -0.39 is 53.4 Å². The standard InChI is InChI=1S/C43H58F3N9O4/c1-9-32(51-39(56)23(2)47-7)41(58)54-21-27(46)17-29(54)20-31-30-14-12-25(44)18-33(30)49-36(31)38-50-34-19-26(45)13-15-35(34)55(38)22-28-11-10-16-53(28)42(59)37(43(4,5)6)52-40(57)24(3)48-8/h12-15,18-19,23-24,27-29,32,37,47-49H,9-11,16-17,20-22H2,1-8H3,(H,51,56)(H,52,57)/t23-,24-,27-,28-,29-,32-,37?/m0/s1. The van der Waals surface area contributed by atoms with E-state index in [0.29, 0.717) is 58.4 Å². The minimum atomic E-state index is -1.30. The molecule has 4 aromatic rings. The monoisotopic (exact) mass is 821 g/mol. The Labute approximate surface area is 343 Å². The van der Waals surface area contributed by atoms with Crippen molar-refractivity contribution in [1.29, 1.82) is 0 Å². The van der Waals surface area contributed by atoms with Crippen molar-refractivity contribution in [2.24, 2.45) is 5.41 Å². The molecule has 59 heavy (non-hydrogen) atoms. The average molecular weight is 822 g/mol. The van der Waals surface area contributed by atoms with Gasteiger partial charge in [-0.25, -0.2) is 18.2 Å². The number of nitrogens with zero attached hydrogens (tertiary/aromatic N) is 4. The maximum atomic E-state index is 15.4. The normalized spacial score (nSPS) is 20.6. The van der Waals surface area contributed by atoms with Crippen LogP contribution in [0.1, 0.15) is 72.8 Å². The van der Waals surface area contributed by atoms with E-state index in [9.17, 15) is 28.0 Å². The average Bonchev–Trinajstić information content (AvgIpc) is 3.98. The van der Waals surface area contributed by atoms with Crippen molar-refractivity contribution in [3.63, 3.8) is 0 Å². The smallest absolute Gasteiger partial charge is 0.246 e. The highest BCUT2D eigenvalue weighted by Gasteiger charge is 2.42. The van der Waals surface area contributed by atoms with Crippen LogP contribution in [0.2, 0.25) is 0 Å². The van der Waals surface area contributed by atoms with Crippen molar-refractivity contribution < 1.29 is 32.3 Å². The van der Waals surface area contributed by atoms with Gasteiger partial charge in [-0.15, -0.1) is 0 Å². The lowest BCUT2D eigenvalue weighted by molar-refractivity contribution is -0.140. The Bertz CT molecular complexity index is 2200. The first-order valence-electron chi connectivity index (χ1n) is 20.6. The molecule has 0 spiro atoms. The number of rotatable bonds is 14. The summed E-state index contributed by atoms with van der Waals surface area (Å²) in [5.74, 6) is -1.78. The second-order valence-electron chi connectivity index (χ2n) is 17.2. The number of hydrogen-bond acceptors (Lipinski definition) is 7. The molecule has 0 aliphatic carbocycles. The summed E-state index contributed by atoms with van der Waals surface area (Å²) >= 11 is 0. The maximum Gasteiger partial charge on any atom is 0.246 e. The number of nitrogens with one attached hydrogen (secondary N) is 5. The molecule has 0 bridgehead atoms. The molecule has 5 N–H and O–H groups in total. The van der Waals surface area contributed by atoms with Gasteiger partial charge in [-0.3, -0.25) is 19.2 Å². The van der Waals surface area contributed by atoms with E-state index in [4.69, 9.17) is 4.98 Å². The van der Waals surface area contributed by atoms with Gasteiger partial charge in [-0.1, -0.05) is 27.7 Å². The van der Waals surface area contributed by atoms with Gasteiger partial charge in [0.25, 0.3) is 0 Å². The SMILES string of the molecule is CC[C@H](NC(=O)[C@H](C)NC)C(=O)N1C[C@@H](F)C[C@H]1Cc1c(-c2nc3cc(F)ccc3n2C[C@@H]2CCCN2C(=O)C(NC(=O)[C@H](C)NC)C(C)(C)C)[nH]c2cc(F)ccc12. The first-order chi connectivity index (χ1) is 27.9. The molecule has 16 heteroatoms. The maximum absolute atomic E-state index is 15.4. The van der Waals surface area contributed by atoms with Gasteiger partial charge < -0.3 is 40.6 Å². The lowest BCUT2D eigenvalue weighted by Gasteiger charge is -2.36. The molecule has 2 aromatic heterocycles. The van der Waals surface area contributed by atoms with Gasteiger partial charge in [0.05, 0.1) is 35.4 Å². The molecule has 6 rings (SSSR count). The molecule has 13 nitrogen and oxygen atoms in total. The van der Waals surface area contributed by atoms with Crippen LogP contribution in [0.25, 0.3) is 33.5 Å². The number of amides is 4. The highest BCUT2D eigenvalue weighted by Crippen LogP contribution is 2.37. The Hall–Kier alpha value is -4.96. The van der Waals surface area contributed by atoms with Gasteiger partial charge in [0, 0.05) is 48.6 Å². The van der Waals surface area contributed by atoms with Crippen LogP contribution in [0.3, 0.4) is 0 Å².